The molecule has 2 aromatic carbocycles. The van der Waals surface area contributed by atoms with Gasteiger partial charge in [0.1, 0.15) is 0 Å². The van der Waals surface area contributed by atoms with E-state index in [0.717, 1.165) is 32.4 Å². The summed E-state index contributed by atoms with van der Waals surface area (Å²) in [6.45, 7) is 1.64. The molecular formula is C19H20ClNO. The Morgan fingerprint density at radius 3 is 2.32 bits per heavy atom. The third-order valence-corrected chi connectivity index (χ3v) is 4.70. The molecule has 0 spiro atoms. The number of amides is 1. The SMILES string of the molecule is O=C(c1ccccc1Cl)N1CCC(Cc2ccccc2)CC1. The maximum absolute atomic E-state index is 12.5. The number of nitrogens with zero attached hydrogens (tertiary/aromatic N) is 1. The molecule has 2 nitrogen and oxygen atoms in total. The maximum atomic E-state index is 12.5. The molecule has 3 rings (SSSR count). The highest BCUT2D eigenvalue weighted by Crippen LogP contribution is 2.24. The van der Waals surface area contributed by atoms with Crippen molar-refractivity contribution in [3.8, 4) is 0 Å². The van der Waals surface area contributed by atoms with Gasteiger partial charge in [0.2, 0.25) is 0 Å². The largest absolute Gasteiger partial charge is 0.339 e. The normalized spacial score (nSPS) is 15.8. The van der Waals surface area contributed by atoms with Crippen molar-refractivity contribution in [3.63, 3.8) is 0 Å². The lowest BCUT2D eigenvalue weighted by Gasteiger charge is -2.32. The third kappa shape index (κ3) is 3.50. The first-order chi connectivity index (χ1) is 10.7. The van der Waals surface area contributed by atoms with Gasteiger partial charge in [-0.1, -0.05) is 54.1 Å². The highest BCUT2D eigenvalue weighted by atomic mass is 35.5. The molecule has 0 bridgehead atoms. The summed E-state index contributed by atoms with van der Waals surface area (Å²) in [7, 11) is 0. The van der Waals surface area contributed by atoms with Crippen LogP contribution in [0.25, 0.3) is 0 Å². The number of hydrogen-bond acceptors (Lipinski definition) is 1. The fraction of sp³-hybridized carbons (Fsp3) is 0.316. The number of likely N-dealkylation sites (tertiary alicyclic amines) is 1. The molecule has 1 aliphatic rings. The summed E-state index contributed by atoms with van der Waals surface area (Å²) in [4.78, 5) is 14.5. The minimum Gasteiger partial charge on any atom is -0.339 e. The Balaban J connectivity index is 1.58. The Labute approximate surface area is 136 Å². The van der Waals surface area contributed by atoms with Crippen LogP contribution in [0.5, 0.6) is 0 Å². The average molecular weight is 314 g/mol. The van der Waals surface area contributed by atoms with E-state index in [1.165, 1.54) is 5.56 Å². The summed E-state index contributed by atoms with van der Waals surface area (Å²) in [6.07, 6.45) is 3.23. The molecule has 3 heteroatoms. The van der Waals surface area contributed by atoms with Gasteiger partial charge in [0.05, 0.1) is 10.6 Å². The Bertz CT molecular complexity index is 633. The number of carbonyl (C=O) groups excluding carboxylic acids is 1. The third-order valence-electron chi connectivity index (χ3n) is 4.37. The Kier molecular flexibility index (Phi) is 4.79. The van der Waals surface area contributed by atoms with Crippen LogP contribution in [0.2, 0.25) is 5.02 Å². The lowest BCUT2D eigenvalue weighted by molar-refractivity contribution is 0.0691. The van der Waals surface area contributed by atoms with E-state index in [1.807, 2.05) is 23.1 Å². The van der Waals surface area contributed by atoms with Gasteiger partial charge >= 0.3 is 0 Å². The lowest BCUT2D eigenvalue weighted by Crippen LogP contribution is -2.39. The topological polar surface area (TPSA) is 20.3 Å². The Morgan fingerprint density at radius 2 is 1.64 bits per heavy atom. The summed E-state index contributed by atoms with van der Waals surface area (Å²) in [5.41, 5.74) is 2.00. The highest BCUT2D eigenvalue weighted by molar-refractivity contribution is 6.33. The molecule has 0 aliphatic carbocycles. The molecular weight excluding hydrogens is 294 g/mol. The number of carbonyl (C=O) groups is 1. The number of benzene rings is 2. The van der Waals surface area contributed by atoms with E-state index in [2.05, 4.69) is 24.3 Å². The fourth-order valence-corrected chi connectivity index (χ4v) is 3.31. The van der Waals surface area contributed by atoms with Gasteiger partial charge in [-0.25, -0.2) is 0 Å². The van der Waals surface area contributed by atoms with Gasteiger partial charge in [-0.3, -0.25) is 4.79 Å². The van der Waals surface area contributed by atoms with Gasteiger partial charge in [-0.15, -0.1) is 0 Å². The summed E-state index contributed by atoms with van der Waals surface area (Å²) in [5.74, 6) is 0.724. The highest BCUT2D eigenvalue weighted by Gasteiger charge is 2.24. The van der Waals surface area contributed by atoms with E-state index < -0.39 is 0 Å². The second-order valence-electron chi connectivity index (χ2n) is 5.91. The van der Waals surface area contributed by atoms with Crippen LogP contribution >= 0.6 is 11.6 Å². The van der Waals surface area contributed by atoms with Crippen LogP contribution in [0, 0.1) is 5.92 Å². The second kappa shape index (κ2) is 6.97. The van der Waals surface area contributed by atoms with E-state index in [-0.39, 0.29) is 5.91 Å². The lowest BCUT2D eigenvalue weighted by atomic mass is 9.90. The van der Waals surface area contributed by atoms with Gasteiger partial charge in [0.25, 0.3) is 5.91 Å². The Hall–Kier alpha value is -1.80. The van der Waals surface area contributed by atoms with Crippen molar-refractivity contribution < 1.29 is 4.79 Å². The van der Waals surface area contributed by atoms with Crippen molar-refractivity contribution in [2.24, 2.45) is 5.92 Å². The molecule has 0 N–H and O–H groups in total. The molecule has 0 unspecified atom stereocenters. The summed E-state index contributed by atoms with van der Waals surface area (Å²) < 4.78 is 0. The molecule has 22 heavy (non-hydrogen) atoms. The van der Waals surface area contributed by atoms with E-state index in [0.29, 0.717) is 16.5 Å². The van der Waals surface area contributed by atoms with E-state index >= 15 is 0 Å². The summed E-state index contributed by atoms with van der Waals surface area (Å²) in [5, 5.41) is 0.541. The average Bonchev–Trinajstić information content (AvgIpc) is 2.56. The van der Waals surface area contributed by atoms with Crippen LogP contribution in [-0.2, 0) is 6.42 Å². The van der Waals surface area contributed by atoms with Gasteiger partial charge in [0, 0.05) is 13.1 Å². The van der Waals surface area contributed by atoms with Crippen LogP contribution in [0.4, 0.5) is 0 Å². The molecule has 1 fully saturated rings. The Morgan fingerprint density at radius 1 is 1.00 bits per heavy atom. The van der Waals surface area contributed by atoms with Crippen molar-refractivity contribution in [1.82, 2.24) is 4.90 Å². The first kappa shape index (κ1) is 15.1. The van der Waals surface area contributed by atoms with Crippen molar-refractivity contribution >= 4 is 17.5 Å². The van der Waals surface area contributed by atoms with E-state index in [4.69, 9.17) is 11.6 Å². The first-order valence-electron chi connectivity index (χ1n) is 7.82. The molecule has 1 saturated heterocycles. The van der Waals surface area contributed by atoms with Gasteiger partial charge in [-0.2, -0.15) is 0 Å². The molecule has 1 aliphatic heterocycles. The number of halogens is 1. The van der Waals surface area contributed by atoms with Crippen molar-refractivity contribution in [3.05, 3.63) is 70.7 Å². The van der Waals surface area contributed by atoms with Crippen molar-refractivity contribution in [2.45, 2.75) is 19.3 Å². The number of rotatable bonds is 3. The first-order valence-corrected chi connectivity index (χ1v) is 8.19. The molecule has 114 valence electrons. The number of piperidine rings is 1. The van der Waals surface area contributed by atoms with Crippen molar-refractivity contribution in [1.29, 1.82) is 0 Å². The van der Waals surface area contributed by atoms with Gasteiger partial charge in [-0.05, 0) is 42.9 Å². The monoisotopic (exact) mass is 313 g/mol. The van der Waals surface area contributed by atoms with E-state index in [9.17, 15) is 4.79 Å². The smallest absolute Gasteiger partial charge is 0.255 e. The molecule has 0 atom stereocenters. The maximum Gasteiger partial charge on any atom is 0.255 e. The molecule has 0 aromatic heterocycles. The minimum atomic E-state index is 0.0590. The fourth-order valence-electron chi connectivity index (χ4n) is 3.09. The molecule has 0 saturated carbocycles. The quantitative estimate of drug-likeness (QED) is 0.820. The summed E-state index contributed by atoms with van der Waals surface area (Å²) in [6, 6.07) is 17.9. The van der Waals surface area contributed by atoms with Gasteiger partial charge < -0.3 is 4.90 Å². The molecule has 0 radical (unpaired) electrons. The van der Waals surface area contributed by atoms with Crippen LogP contribution in [0.15, 0.2) is 54.6 Å². The molecule has 1 heterocycles. The van der Waals surface area contributed by atoms with Crippen LogP contribution < -0.4 is 0 Å². The van der Waals surface area contributed by atoms with E-state index in [1.54, 1.807) is 12.1 Å². The zero-order valence-electron chi connectivity index (χ0n) is 12.5. The van der Waals surface area contributed by atoms with Crippen LogP contribution in [0.3, 0.4) is 0 Å². The molecule has 2 aromatic rings. The standard InChI is InChI=1S/C19H20ClNO/c20-18-9-5-4-8-17(18)19(22)21-12-10-16(11-13-21)14-15-6-2-1-3-7-15/h1-9,16H,10-14H2. The van der Waals surface area contributed by atoms with Gasteiger partial charge in [0.15, 0.2) is 0 Å². The van der Waals surface area contributed by atoms with Crippen LogP contribution in [0.1, 0.15) is 28.8 Å². The van der Waals surface area contributed by atoms with Crippen LogP contribution in [-0.4, -0.2) is 23.9 Å². The number of hydrogen-bond donors (Lipinski definition) is 0. The minimum absolute atomic E-state index is 0.0590. The zero-order valence-corrected chi connectivity index (χ0v) is 13.3. The predicted octanol–water partition coefficient (Wildman–Crippen LogP) is 4.43. The second-order valence-corrected chi connectivity index (χ2v) is 6.31. The van der Waals surface area contributed by atoms with Crippen molar-refractivity contribution in [2.75, 3.05) is 13.1 Å². The zero-order chi connectivity index (χ0) is 15.4. The molecule has 1 amide bonds. The predicted molar refractivity (Wildman–Crippen MR) is 90.2 cm³/mol. The summed E-state index contributed by atoms with van der Waals surface area (Å²) >= 11 is 6.13.